The van der Waals surface area contributed by atoms with Crippen molar-refractivity contribution in [1.82, 2.24) is 45.5 Å². The molecule has 3 heterocycles. The average Bonchev–Trinajstić information content (AvgIpc) is 3.49. The number of ether oxygens (including phenoxy) is 1. The molecule has 5 N–H and O–H groups in total. The number of carboxylic acids is 1. The van der Waals surface area contributed by atoms with Gasteiger partial charge in [0.1, 0.15) is 0 Å². The summed E-state index contributed by atoms with van der Waals surface area (Å²) in [5, 5.41) is 26.5. The van der Waals surface area contributed by atoms with Crippen LogP contribution >= 0.6 is 0 Å². The number of H-pyrrole nitrogens is 2. The van der Waals surface area contributed by atoms with Gasteiger partial charge in [0.15, 0.2) is 0 Å². The number of carbonyl (C=O) groups is 2. The van der Waals surface area contributed by atoms with Crippen LogP contribution in [0.15, 0.2) is 64.4 Å². The normalized spacial score (nSPS) is 14.0. The smallest absolute Gasteiger partial charge is 0.416 e. The Bertz CT molecular complexity index is 2100. The van der Waals surface area contributed by atoms with Gasteiger partial charge in [0.2, 0.25) is 18.0 Å². The molecule has 0 bridgehead atoms. The topological polar surface area (TPSA) is 223 Å². The van der Waals surface area contributed by atoms with E-state index in [9.17, 15) is 24.3 Å². The van der Waals surface area contributed by atoms with E-state index in [0.29, 0.717) is 0 Å². The van der Waals surface area contributed by atoms with Crippen LogP contribution in [-0.2, 0) is 11.2 Å². The molecule has 2 unspecified atom stereocenters. The van der Waals surface area contributed by atoms with E-state index in [1.807, 2.05) is 49.4 Å². The highest BCUT2D eigenvalue weighted by Gasteiger charge is 2.28. The van der Waals surface area contributed by atoms with Gasteiger partial charge in [0.05, 0.1) is 0 Å². The number of aromatic amines is 2. The number of fused-ring (bicyclic) bond motifs is 2. The molecule has 1 aliphatic rings. The number of anilines is 1. The third kappa shape index (κ3) is 5.99. The molecule has 0 radical (unpaired) electrons. The Morgan fingerprint density at radius 2 is 1.83 bits per heavy atom. The quantitative estimate of drug-likeness (QED) is 0.154. The molecule has 0 saturated carbocycles. The number of aryl methyl sites for hydroxylation is 2. The van der Waals surface area contributed by atoms with Crippen LogP contribution < -0.4 is 26.6 Å². The van der Waals surface area contributed by atoms with Gasteiger partial charge < -0.3 is 15.2 Å². The molecule has 2 aromatic carbocycles. The van der Waals surface area contributed by atoms with Crippen molar-refractivity contribution in [3.05, 3.63) is 115 Å². The Kier molecular flexibility index (Phi) is 7.90. The highest BCUT2D eigenvalue weighted by atomic mass is 16.6. The zero-order valence-electron chi connectivity index (χ0n) is 24.4. The summed E-state index contributed by atoms with van der Waals surface area (Å²) in [5.41, 5.74) is 4.69. The maximum absolute atomic E-state index is 13.5. The summed E-state index contributed by atoms with van der Waals surface area (Å²) in [6.07, 6.45) is 4.64. The number of carboxylic acid groups (broad SMARTS) is 1. The molecule has 1 aliphatic carbocycles. The van der Waals surface area contributed by atoms with E-state index in [1.165, 1.54) is 18.5 Å². The maximum atomic E-state index is 13.5. The molecule has 0 spiro atoms. The molecule has 0 saturated heterocycles. The van der Waals surface area contributed by atoms with Crippen LogP contribution in [0.4, 0.5) is 10.7 Å². The van der Waals surface area contributed by atoms with Gasteiger partial charge in [-0.25, -0.2) is 23.9 Å². The van der Waals surface area contributed by atoms with Crippen LogP contribution in [0.2, 0.25) is 0 Å². The summed E-state index contributed by atoms with van der Waals surface area (Å²) in [5.74, 6) is -2.70. The highest BCUT2D eigenvalue weighted by Crippen LogP contribution is 2.38. The number of benzene rings is 2. The Morgan fingerprint density at radius 1 is 1.07 bits per heavy atom. The van der Waals surface area contributed by atoms with Gasteiger partial charge in [-0.05, 0) is 46.4 Å². The van der Waals surface area contributed by atoms with Crippen LogP contribution in [0, 0.1) is 6.92 Å². The van der Waals surface area contributed by atoms with Crippen molar-refractivity contribution < 1.29 is 19.4 Å². The lowest BCUT2D eigenvalue weighted by Gasteiger charge is -2.21. The van der Waals surface area contributed by atoms with Crippen molar-refractivity contribution in [2.24, 2.45) is 0 Å². The van der Waals surface area contributed by atoms with Gasteiger partial charge in [0, 0.05) is 29.9 Å². The summed E-state index contributed by atoms with van der Waals surface area (Å²) in [7, 11) is 0. The number of rotatable bonds is 8. The zero-order valence-corrected chi connectivity index (χ0v) is 24.4. The molecule has 2 atom stereocenters. The van der Waals surface area contributed by atoms with Crippen molar-refractivity contribution >= 4 is 30.2 Å². The molecular formula is C30H26N10O6. The molecule has 46 heavy (non-hydrogen) atoms. The molecule has 3 aromatic heterocycles. The summed E-state index contributed by atoms with van der Waals surface area (Å²) in [6, 6.07) is 13.3. The zero-order chi connectivity index (χ0) is 32.4. The van der Waals surface area contributed by atoms with E-state index in [2.05, 4.69) is 59.2 Å². The summed E-state index contributed by atoms with van der Waals surface area (Å²) in [4.78, 5) is 61.3. The minimum atomic E-state index is -1.67. The predicted molar refractivity (Wildman–Crippen MR) is 164 cm³/mol. The van der Waals surface area contributed by atoms with Crippen molar-refractivity contribution in [2.75, 3.05) is 5.32 Å². The Hall–Kier alpha value is -6.45. The molecule has 232 valence electrons. The number of hydrogen-bond acceptors (Lipinski definition) is 11. The molecule has 5 aromatic rings. The van der Waals surface area contributed by atoms with Gasteiger partial charge in [0.25, 0.3) is 11.5 Å². The number of aromatic nitrogens is 8. The second kappa shape index (κ2) is 12.3. The summed E-state index contributed by atoms with van der Waals surface area (Å²) >= 11 is 0. The maximum Gasteiger partial charge on any atom is 0.416 e. The number of carbonyl (C=O) groups excluding carboxylic acids is 1. The monoisotopic (exact) mass is 622 g/mol. The van der Waals surface area contributed by atoms with Gasteiger partial charge in [-0.2, -0.15) is 10.2 Å². The van der Waals surface area contributed by atoms with Crippen LogP contribution in [0.5, 0.6) is 5.88 Å². The highest BCUT2D eigenvalue weighted by molar-refractivity contribution is 5.82. The second-order valence-electron chi connectivity index (χ2n) is 10.3. The van der Waals surface area contributed by atoms with Gasteiger partial charge in [-0.1, -0.05) is 66.1 Å². The number of tetrazole rings is 1. The van der Waals surface area contributed by atoms with Crippen LogP contribution in [-0.4, -0.2) is 63.5 Å². The number of aliphatic carboxylic acids is 1. The van der Waals surface area contributed by atoms with Crippen LogP contribution in [0.1, 0.15) is 51.8 Å². The number of hydrogen-bond donors (Lipinski definition) is 5. The number of amides is 1. The Morgan fingerprint density at radius 3 is 2.54 bits per heavy atom. The fourth-order valence-corrected chi connectivity index (χ4v) is 5.13. The molecule has 16 heteroatoms. The third-order valence-corrected chi connectivity index (χ3v) is 7.30. The van der Waals surface area contributed by atoms with E-state index in [0.717, 1.165) is 44.4 Å². The fourth-order valence-electron chi connectivity index (χ4n) is 5.13. The first-order chi connectivity index (χ1) is 22.2. The lowest BCUT2D eigenvalue weighted by Crippen LogP contribution is -2.47. The van der Waals surface area contributed by atoms with Crippen LogP contribution in [0.3, 0.4) is 0 Å². The minimum absolute atomic E-state index is 0.180. The molecule has 16 nitrogen and oxygen atoms in total. The van der Waals surface area contributed by atoms with E-state index in [1.54, 1.807) is 0 Å². The first kappa shape index (κ1) is 29.6. The Balaban J connectivity index is 1.36. The van der Waals surface area contributed by atoms with E-state index < -0.39 is 35.4 Å². The van der Waals surface area contributed by atoms with E-state index in [4.69, 9.17) is 4.74 Å². The first-order valence-corrected chi connectivity index (χ1v) is 14.0. The summed E-state index contributed by atoms with van der Waals surface area (Å²) in [6.45, 7) is 4.06. The average molecular weight is 623 g/mol. The number of nitrogens with zero attached hydrogens (tertiary/aromatic N) is 6. The van der Waals surface area contributed by atoms with Crippen molar-refractivity contribution in [3.63, 3.8) is 0 Å². The second-order valence-corrected chi connectivity index (χ2v) is 10.3. The van der Waals surface area contributed by atoms with Crippen molar-refractivity contribution in [2.45, 2.75) is 32.4 Å². The van der Waals surface area contributed by atoms with Crippen molar-refractivity contribution in [1.29, 1.82) is 0 Å². The van der Waals surface area contributed by atoms with E-state index in [-0.39, 0.29) is 23.3 Å². The number of nitrogens with one attached hydrogen (secondary N) is 4. The summed E-state index contributed by atoms with van der Waals surface area (Å²) < 4.78 is 6.21. The lowest BCUT2D eigenvalue weighted by atomic mass is 9.82. The SMILES string of the molecule is CCc1ccc2c(c1)C=Cc1cc(C)ccc1C2c1cn(-c2nccc(OC(=O)NC(Nc3nn[nH]n3)C(=O)O)n2)c(=O)[nH]c1=O. The van der Waals surface area contributed by atoms with Gasteiger partial charge in [-0.15, -0.1) is 5.10 Å². The first-order valence-electron chi connectivity index (χ1n) is 14.0. The molecule has 6 rings (SSSR count). The predicted octanol–water partition coefficient (Wildman–Crippen LogP) is 1.97. The molecule has 0 aliphatic heterocycles. The Labute approximate surface area is 259 Å². The van der Waals surface area contributed by atoms with Gasteiger partial charge in [-0.3, -0.25) is 15.1 Å². The standard InChI is InChI=1S/C30H26N10O6/c1-3-16-5-9-20-18(13-16)7-6-17-12-15(2)4-8-19(17)23(20)21-14-40(29(44)35-25(21)41)28-31-11-10-22(32-28)46-30(45)34-24(26(42)43)33-27-36-38-39-37-27/h4-14,23-24H,3H2,1-2H3,(H,34,45)(H,42,43)(H,35,41,44)(H2,33,36,37,38,39). The molecule has 0 fully saturated rings. The van der Waals surface area contributed by atoms with Gasteiger partial charge >= 0.3 is 17.8 Å². The molecule has 1 amide bonds. The fraction of sp³-hybridized carbons (Fsp3) is 0.167. The molecular weight excluding hydrogens is 596 g/mol. The lowest BCUT2D eigenvalue weighted by molar-refractivity contribution is -0.138. The minimum Gasteiger partial charge on any atom is -0.478 e. The van der Waals surface area contributed by atoms with Crippen LogP contribution in [0.25, 0.3) is 18.1 Å². The largest absolute Gasteiger partial charge is 0.478 e. The third-order valence-electron chi connectivity index (χ3n) is 7.30. The van der Waals surface area contributed by atoms with E-state index >= 15 is 0 Å². The van der Waals surface area contributed by atoms with Crippen molar-refractivity contribution in [3.8, 4) is 11.8 Å².